The largest absolute Gasteiger partial charge is 0.461 e. The number of esters is 8. The second kappa shape index (κ2) is 44.8. The van der Waals surface area contributed by atoms with Gasteiger partial charge in [-0.05, 0) is 189 Å². The van der Waals surface area contributed by atoms with Crippen LogP contribution in [0.4, 0.5) is 0 Å². The Labute approximate surface area is 784 Å². The van der Waals surface area contributed by atoms with Crippen molar-refractivity contribution in [3.63, 3.8) is 0 Å². The SMILES string of the molecule is O=C(CCc1cc2c(cc1CCC(=O)OCc1ccccc1)-c1nc-2nc2[nH]c(nc3nc(nc4[nH]c(n1)c1cc(CCC(=O)OCc5ccccc5)c(CCC(=O)OCc5ccccc5)cc41)-c1cc(CCC(=O)OCc4ccccc4)c(CCC(=O)OCc4ccccc4)cc1-3)c1cc(CCC(=O)OCc3ccccc3)c(CCC(=O)OCc3ccccc3)cc21)OCc1ccccc1. The molecule has 136 heavy (non-hydrogen) atoms. The van der Waals surface area contributed by atoms with Gasteiger partial charge in [0.15, 0.2) is 23.3 Å². The molecule has 2 N–H and O–H groups in total. The zero-order chi connectivity index (χ0) is 93.3. The maximum atomic E-state index is 14.1. The second-order valence-electron chi connectivity index (χ2n) is 33.4. The molecule has 3 aromatic heterocycles. The summed E-state index contributed by atoms with van der Waals surface area (Å²) in [5.41, 5.74) is 14.9. The smallest absolute Gasteiger partial charge is 0.306 e. The van der Waals surface area contributed by atoms with E-state index in [0.29, 0.717) is 88.3 Å². The van der Waals surface area contributed by atoms with Gasteiger partial charge in [0.05, 0.1) is 0 Å². The molecule has 0 spiro atoms. The van der Waals surface area contributed by atoms with E-state index in [1.165, 1.54) is 0 Å². The zero-order valence-corrected chi connectivity index (χ0v) is 74.9. The van der Waals surface area contributed by atoms with Gasteiger partial charge in [-0.3, -0.25) is 38.4 Å². The molecule has 24 nitrogen and oxygen atoms in total. The third-order valence-corrected chi connectivity index (χ3v) is 23.8. The number of nitrogens with one attached hydrogen (secondary N) is 2. The van der Waals surface area contributed by atoms with Gasteiger partial charge in [-0.1, -0.05) is 243 Å². The molecule has 0 fully saturated rings. The van der Waals surface area contributed by atoms with Crippen LogP contribution in [0.25, 0.3) is 89.7 Å². The highest BCUT2D eigenvalue weighted by Gasteiger charge is 2.29. The first-order valence-corrected chi connectivity index (χ1v) is 45.6. The molecule has 5 heterocycles. The Morgan fingerprint density at radius 3 is 0.471 bits per heavy atom. The highest BCUT2D eigenvalue weighted by atomic mass is 16.6. The summed E-state index contributed by atoms with van der Waals surface area (Å²) in [4.78, 5) is 153. The summed E-state index contributed by atoms with van der Waals surface area (Å²) >= 11 is 0. The topological polar surface area (TPSA) is 319 Å². The number of carbonyl (C=O) groups is 8. The number of ether oxygens (including phenoxy) is 8. The van der Waals surface area contributed by atoms with Crippen molar-refractivity contribution in [1.29, 1.82) is 0 Å². The van der Waals surface area contributed by atoms with Gasteiger partial charge >= 0.3 is 47.8 Å². The Hall–Kier alpha value is -16.2. The molecule has 0 radical (unpaired) electrons. The maximum Gasteiger partial charge on any atom is 0.306 e. The number of H-pyrrole nitrogens is 2. The number of aryl methyl sites for hydroxylation is 8. The van der Waals surface area contributed by atoms with E-state index in [4.69, 9.17) is 67.8 Å². The van der Waals surface area contributed by atoms with Crippen LogP contribution in [-0.2, 0) is 180 Å². The molecule has 2 aliphatic rings. The average Bonchev–Trinajstić information content (AvgIpc) is 1.59. The van der Waals surface area contributed by atoms with Crippen LogP contribution < -0.4 is 0 Å². The first-order valence-electron chi connectivity index (χ1n) is 45.6. The Balaban J connectivity index is 0.878. The molecule has 0 amide bonds. The van der Waals surface area contributed by atoms with Crippen molar-refractivity contribution in [2.45, 2.75) is 156 Å². The van der Waals surface area contributed by atoms with E-state index in [-0.39, 0.29) is 201 Å². The molecule has 0 saturated carbocycles. The summed E-state index contributed by atoms with van der Waals surface area (Å²) in [7, 11) is 0. The van der Waals surface area contributed by atoms with E-state index in [2.05, 4.69) is 9.97 Å². The molecule has 8 bridgehead atoms. The fourth-order valence-electron chi connectivity index (χ4n) is 16.6. The minimum absolute atomic E-state index is 0.0434. The fraction of sp³-hybridized carbons (Fsp3) is 0.214. The molecule has 0 atom stereocenters. The maximum absolute atomic E-state index is 14.1. The van der Waals surface area contributed by atoms with Crippen LogP contribution in [0.2, 0.25) is 0 Å². The van der Waals surface area contributed by atoms with E-state index in [1.807, 2.05) is 291 Å². The number of aromatic nitrogens is 8. The lowest BCUT2D eigenvalue weighted by molar-refractivity contribution is -0.145. The molecule has 24 heteroatoms. The standard InChI is InChI=1S/C112H98N8O16/c121-97(129-65-73-25-9-1-10-26-73)49-41-81-57-89-90(58-82(81)42-50-98(122)130-66-74-27-11-2-12-28-74)106-113-105(89)117-107-91-59-83(43-51-99(123)131-67-75-29-13-3-14-30-75)84(44-52-100(124)132-68-76-31-15-4-16-32-76)60-92(91)109(114-107)119-111-95-63-87(47-55-103(127)135-71-79-37-21-7-22-38-79)88(48-56-104(128)136-72-80-39-23-8-24-40-80)64-96(95)112(116-111)120-110-94-62-86(46-54-102(126)134-70-78-35-19-6-20-36-78)85(61-93(94)108(115-110)118-106)45-53-101(125)133-69-77-33-17-5-18-34-77/h1-40,57-64H,41-56,65-72H2,(H2,113,114,115,116,117,118,119,120). The number of aromatic amines is 2. The van der Waals surface area contributed by atoms with Gasteiger partial charge in [0, 0.05) is 95.2 Å². The van der Waals surface area contributed by atoms with Crippen LogP contribution in [0.3, 0.4) is 0 Å². The lowest BCUT2D eigenvalue weighted by Gasteiger charge is -2.13. The molecule has 0 aliphatic carbocycles. The van der Waals surface area contributed by atoms with Crippen molar-refractivity contribution in [3.8, 4) is 45.6 Å². The highest BCUT2D eigenvalue weighted by Crippen LogP contribution is 2.42. The number of carbonyl (C=O) groups excluding carboxylic acids is 8. The monoisotopic (exact) mass is 1810 g/mol. The van der Waals surface area contributed by atoms with Crippen molar-refractivity contribution in [2.75, 3.05) is 0 Å². The van der Waals surface area contributed by atoms with Crippen molar-refractivity contribution < 1.29 is 76.3 Å². The van der Waals surface area contributed by atoms with Gasteiger partial charge in [-0.25, -0.2) is 29.9 Å². The van der Waals surface area contributed by atoms with Gasteiger partial charge < -0.3 is 47.9 Å². The Kier molecular flexibility index (Phi) is 30.2. The number of fused-ring (bicyclic) bond motifs is 20. The predicted octanol–water partition coefficient (Wildman–Crippen LogP) is 20.3. The quantitative estimate of drug-likeness (QED) is 0.0266. The summed E-state index contributed by atoms with van der Waals surface area (Å²) in [6, 6.07) is 90.5. The van der Waals surface area contributed by atoms with Crippen LogP contribution in [0, 0.1) is 0 Å². The first-order chi connectivity index (χ1) is 66.6. The second-order valence-corrected chi connectivity index (χ2v) is 33.4. The van der Waals surface area contributed by atoms with Gasteiger partial charge in [-0.15, -0.1) is 0 Å². The molecule has 0 saturated heterocycles. The zero-order valence-electron chi connectivity index (χ0n) is 74.9. The molecule has 682 valence electrons. The lowest BCUT2D eigenvalue weighted by Crippen LogP contribution is -2.09. The lowest BCUT2D eigenvalue weighted by atomic mass is 9.93. The van der Waals surface area contributed by atoms with Crippen LogP contribution in [0.15, 0.2) is 291 Å². The third kappa shape index (κ3) is 24.5. The van der Waals surface area contributed by atoms with Gasteiger partial charge in [0.1, 0.15) is 75.4 Å². The number of rotatable bonds is 40. The van der Waals surface area contributed by atoms with Crippen LogP contribution >= 0.6 is 0 Å². The van der Waals surface area contributed by atoms with Crippen molar-refractivity contribution >= 4 is 91.9 Å². The number of hydrogen-bond acceptors (Lipinski definition) is 22. The van der Waals surface area contributed by atoms with Gasteiger partial charge in [-0.2, -0.15) is 0 Å². The molecular formula is C112H98N8O16. The average molecular weight is 1810 g/mol. The van der Waals surface area contributed by atoms with E-state index in [9.17, 15) is 38.4 Å². The fourth-order valence-corrected chi connectivity index (χ4v) is 16.6. The molecule has 17 rings (SSSR count). The van der Waals surface area contributed by atoms with Crippen molar-refractivity contribution in [2.24, 2.45) is 0 Å². The number of hydrogen-bond donors (Lipinski definition) is 2. The molecule has 15 aromatic rings. The minimum atomic E-state index is -0.463. The first kappa shape index (κ1) is 91.6. The van der Waals surface area contributed by atoms with E-state index in [0.717, 1.165) is 44.5 Å². The molecule has 12 aromatic carbocycles. The summed E-state index contributed by atoms with van der Waals surface area (Å²) in [6.45, 7) is 0.349. The summed E-state index contributed by atoms with van der Waals surface area (Å²) in [5, 5.41) is 2.06. The van der Waals surface area contributed by atoms with E-state index in [1.54, 1.807) is 0 Å². The number of nitrogens with zero attached hydrogens (tertiary/aromatic N) is 6. The normalized spacial score (nSPS) is 11.3. The highest BCUT2D eigenvalue weighted by molar-refractivity contribution is 6.07. The van der Waals surface area contributed by atoms with Crippen LogP contribution in [0.5, 0.6) is 0 Å². The molecule has 0 unspecified atom stereocenters. The van der Waals surface area contributed by atoms with E-state index >= 15 is 0 Å². The minimum Gasteiger partial charge on any atom is -0.461 e. The Morgan fingerprint density at radius 1 is 0.184 bits per heavy atom. The van der Waals surface area contributed by atoms with Gasteiger partial charge in [0.2, 0.25) is 0 Å². The molecule has 2 aliphatic heterocycles. The third-order valence-electron chi connectivity index (χ3n) is 23.8. The van der Waals surface area contributed by atoms with Gasteiger partial charge in [0.25, 0.3) is 0 Å². The Bertz CT molecular complexity index is 6200. The van der Waals surface area contributed by atoms with E-state index < -0.39 is 47.8 Å². The summed E-state index contributed by atoms with van der Waals surface area (Å²) < 4.78 is 47.2. The Morgan fingerprint density at radius 2 is 0.324 bits per heavy atom. The predicted molar refractivity (Wildman–Crippen MR) is 513 cm³/mol. The van der Waals surface area contributed by atoms with Crippen LogP contribution in [0.1, 0.15) is 140 Å². The summed E-state index contributed by atoms with van der Waals surface area (Å²) in [5.74, 6) is -3.06. The van der Waals surface area contributed by atoms with Crippen LogP contribution in [-0.4, -0.2) is 87.6 Å². The van der Waals surface area contributed by atoms with Crippen molar-refractivity contribution in [3.05, 3.63) is 380 Å². The summed E-state index contributed by atoms with van der Waals surface area (Å²) in [6.07, 6.45) is 0.723. The molecular weight excluding hydrogens is 1710 g/mol. The van der Waals surface area contributed by atoms with Crippen molar-refractivity contribution in [1.82, 2.24) is 39.9 Å². The number of benzene rings is 12.